The van der Waals surface area contributed by atoms with E-state index in [4.69, 9.17) is 28.2 Å². The summed E-state index contributed by atoms with van der Waals surface area (Å²) in [4.78, 5) is 1.98. The normalized spacial score (nSPS) is 10.9. The van der Waals surface area contributed by atoms with Crippen LogP contribution in [0, 0.1) is 5.82 Å². The van der Waals surface area contributed by atoms with E-state index in [1.807, 2.05) is 4.90 Å². The van der Waals surface area contributed by atoms with Gasteiger partial charge in [-0.1, -0.05) is 18.3 Å². The number of benzene rings is 1. The van der Waals surface area contributed by atoms with Gasteiger partial charge in [0.05, 0.1) is 13.2 Å². The number of nitrogens with two attached hydrogens (primary N) is 1. The predicted octanol–water partition coefficient (Wildman–Crippen LogP) is 0.246. The van der Waals surface area contributed by atoms with Gasteiger partial charge in [0.25, 0.3) is 0 Å². The van der Waals surface area contributed by atoms with E-state index in [0.29, 0.717) is 25.2 Å². The third-order valence-corrected chi connectivity index (χ3v) is 2.78. The Balaban J connectivity index is 2.90. The van der Waals surface area contributed by atoms with Crippen LogP contribution in [0.25, 0.3) is 0 Å². The van der Waals surface area contributed by atoms with Gasteiger partial charge >= 0.3 is 0 Å². The van der Waals surface area contributed by atoms with Crippen LogP contribution in [0.5, 0.6) is 0 Å². The van der Waals surface area contributed by atoms with E-state index in [1.54, 1.807) is 6.07 Å². The van der Waals surface area contributed by atoms with Gasteiger partial charge in [-0.3, -0.25) is 4.90 Å². The smallest absolute Gasteiger partial charge is 0.123 e. The van der Waals surface area contributed by atoms with E-state index < -0.39 is 5.82 Å². The molecule has 1 rings (SSSR count). The molecule has 0 aliphatic rings. The highest BCUT2D eigenvalue weighted by atomic mass is 32.1. The Labute approximate surface area is 111 Å². The minimum absolute atomic E-state index is 0.0103. The maximum atomic E-state index is 13.1. The van der Waals surface area contributed by atoms with Crippen LogP contribution >= 0.6 is 12.2 Å². The Morgan fingerprint density at radius 3 is 2.39 bits per heavy atom. The molecule has 4 nitrogen and oxygen atoms in total. The fraction of sp³-hybridized carbons (Fsp3) is 0.417. The number of aliphatic hydroxyl groups excluding tert-OH is 2. The van der Waals surface area contributed by atoms with E-state index in [-0.39, 0.29) is 18.2 Å². The first kappa shape index (κ1) is 15.0. The first-order valence-corrected chi connectivity index (χ1v) is 6.01. The molecule has 100 valence electrons. The molecule has 0 bridgehead atoms. The van der Waals surface area contributed by atoms with Crippen molar-refractivity contribution in [3.63, 3.8) is 0 Å². The van der Waals surface area contributed by atoms with E-state index in [0.717, 1.165) is 5.56 Å². The summed E-state index contributed by atoms with van der Waals surface area (Å²) in [6.07, 6.45) is 0. The van der Waals surface area contributed by atoms with Gasteiger partial charge in [0.1, 0.15) is 10.8 Å². The molecule has 0 heterocycles. The predicted molar refractivity (Wildman–Crippen MR) is 71.7 cm³/mol. The third-order valence-electron chi connectivity index (χ3n) is 2.56. The Morgan fingerprint density at radius 1 is 1.28 bits per heavy atom. The third kappa shape index (κ3) is 4.30. The summed E-state index contributed by atoms with van der Waals surface area (Å²) in [5.41, 5.74) is 6.83. The van der Waals surface area contributed by atoms with Crippen LogP contribution < -0.4 is 5.73 Å². The summed E-state index contributed by atoms with van der Waals surface area (Å²) in [5.74, 6) is -0.391. The largest absolute Gasteiger partial charge is 0.395 e. The second-order valence-electron chi connectivity index (χ2n) is 3.89. The molecule has 18 heavy (non-hydrogen) atoms. The summed E-state index contributed by atoms with van der Waals surface area (Å²) in [5, 5.41) is 17.9. The molecule has 0 atom stereocenters. The van der Waals surface area contributed by atoms with Crippen molar-refractivity contribution in [2.24, 2.45) is 5.73 Å². The summed E-state index contributed by atoms with van der Waals surface area (Å²) in [6.45, 7) is 1.28. The molecule has 0 fully saturated rings. The number of rotatable bonds is 7. The van der Waals surface area contributed by atoms with E-state index >= 15 is 0 Å². The first-order valence-electron chi connectivity index (χ1n) is 5.60. The van der Waals surface area contributed by atoms with E-state index in [1.165, 1.54) is 12.1 Å². The van der Waals surface area contributed by atoms with Gasteiger partial charge in [0.15, 0.2) is 0 Å². The average molecular weight is 272 g/mol. The van der Waals surface area contributed by atoms with Crippen molar-refractivity contribution >= 4 is 17.2 Å². The molecule has 0 saturated carbocycles. The highest BCUT2D eigenvalue weighted by Gasteiger charge is 2.11. The van der Waals surface area contributed by atoms with Gasteiger partial charge in [-0.05, 0) is 17.7 Å². The molecule has 0 saturated heterocycles. The number of nitrogens with zero attached hydrogens (tertiary/aromatic N) is 1. The van der Waals surface area contributed by atoms with Crippen molar-refractivity contribution in [1.29, 1.82) is 0 Å². The van der Waals surface area contributed by atoms with Crippen LogP contribution in [0.3, 0.4) is 0 Å². The lowest BCUT2D eigenvalue weighted by molar-refractivity contribution is 0.156. The minimum Gasteiger partial charge on any atom is -0.395 e. The molecular formula is C12H17FN2O2S. The molecule has 1 aromatic carbocycles. The molecule has 1 aromatic rings. The van der Waals surface area contributed by atoms with Gasteiger partial charge in [-0.2, -0.15) is 0 Å². The lowest BCUT2D eigenvalue weighted by Crippen LogP contribution is -2.30. The molecule has 6 heteroatoms. The second-order valence-corrected chi connectivity index (χ2v) is 4.33. The molecule has 0 spiro atoms. The van der Waals surface area contributed by atoms with Gasteiger partial charge < -0.3 is 15.9 Å². The lowest BCUT2D eigenvalue weighted by Gasteiger charge is -2.21. The molecule has 0 aliphatic carbocycles. The van der Waals surface area contributed by atoms with Crippen molar-refractivity contribution < 1.29 is 14.6 Å². The van der Waals surface area contributed by atoms with Crippen molar-refractivity contribution in [2.45, 2.75) is 6.54 Å². The SMILES string of the molecule is NC(=S)c1cc(F)ccc1CN(CCO)CCO. The van der Waals surface area contributed by atoms with Gasteiger partial charge in [-0.25, -0.2) is 4.39 Å². The maximum Gasteiger partial charge on any atom is 0.123 e. The highest BCUT2D eigenvalue weighted by Crippen LogP contribution is 2.14. The number of hydrogen-bond acceptors (Lipinski definition) is 4. The van der Waals surface area contributed by atoms with Crippen molar-refractivity contribution in [1.82, 2.24) is 4.90 Å². The zero-order valence-corrected chi connectivity index (χ0v) is 10.8. The number of halogens is 1. The molecule has 0 aromatic heterocycles. The lowest BCUT2D eigenvalue weighted by atomic mass is 10.1. The van der Waals surface area contributed by atoms with Gasteiger partial charge in [-0.15, -0.1) is 0 Å². The van der Waals surface area contributed by atoms with Crippen molar-refractivity contribution in [3.8, 4) is 0 Å². The zero-order chi connectivity index (χ0) is 13.5. The minimum atomic E-state index is -0.391. The Hall–Kier alpha value is -1.08. The van der Waals surface area contributed by atoms with Crippen molar-refractivity contribution in [3.05, 3.63) is 35.1 Å². The number of hydrogen-bond donors (Lipinski definition) is 3. The van der Waals surface area contributed by atoms with Crippen LogP contribution in [-0.4, -0.2) is 46.4 Å². The molecule has 4 N–H and O–H groups in total. The maximum absolute atomic E-state index is 13.1. The second kappa shape index (κ2) is 7.38. The highest BCUT2D eigenvalue weighted by molar-refractivity contribution is 7.80. The van der Waals surface area contributed by atoms with Gasteiger partial charge in [0.2, 0.25) is 0 Å². The quantitative estimate of drug-likeness (QED) is 0.621. The zero-order valence-electron chi connectivity index (χ0n) is 9.97. The Kier molecular flexibility index (Phi) is 6.14. The van der Waals surface area contributed by atoms with Crippen LogP contribution in [0.4, 0.5) is 4.39 Å². The van der Waals surface area contributed by atoms with Crippen LogP contribution in [-0.2, 0) is 6.54 Å². The number of thiocarbonyl (C=S) groups is 1. The molecular weight excluding hydrogens is 255 g/mol. The number of aliphatic hydroxyl groups is 2. The van der Waals surface area contributed by atoms with Crippen LogP contribution in [0.15, 0.2) is 18.2 Å². The molecule has 0 radical (unpaired) electrons. The summed E-state index contributed by atoms with van der Waals surface area (Å²) in [6, 6.07) is 4.26. The van der Waals surface area contributed by atoms with E-state index in [9.17, 15) is 4.39 Å². The first-order chi connectivity index (χ1) is 8.58. The standard InChI is InChI=1S/C12H17FN2O2S/c13-10-2-1-9(11(7-10)12(14)18)8-15(3-5-16)4-6-17/h1-2,7,16-17H,3-6,8H2,(H2,14,18). The summed E-state index contributed by atoms with van der Waals surface area (Å²) >= 11 is 4.89. The molecule has 0 aliphatic heterocycles. The van der Waals surface area contributed by atoms with Gasteiger partial charge in [0, 0.05) is 25.2 Å². The van der Waals surface area contributed by atoms with Crippen LogP contribution in [0.1, 0.15) is 11.1 Å². The monoisotopic (exact) mass is 272 g/mol. The van der Waals surface area contributed by atoms with Crippen molar-refractivity contribution in [2.75, 3.05) is 26.3 Å². The fourth-order valence-electron chi connectivity index (χ4n) is 1.71. The van der Waals surface area contributed by atoms with Crippen LogP contribution in [0.2, 0.25) is 0 Å². The molecule has 0 amide bonds. The topological polar surface area (TPSA) is 69.7 Å². The molecule has 0 unspecified atom stereocenters. The summed E-state index contributed by atoms with van der Waals surface area (Å²) < 4.78 is 13.1. The Bertz CT molecular complexity index is 409. The average Bonchev–Trinajstić information content (AvgIpc) is 2.32. The fourth-order valence-corrected chi connectivity index (χ4v) is 1.90. The summed E-state index contributed by atoms with van der Waals surface area (Å²) in [7, 11) is 0. The Morgan fingerprint density at radius 2 is 1.89 bits per heavy atom. The van der Waals surface area contributed by atoms with E-state index in [2.05, 4.69) is 0 Å².